The second kappa shape index (κ2) is 6.72. The summed E-state index contributed by atoms with van der Waals surface area (Å²) in [6, 6.07) is 0.202. The van der Waals surface area contributed by atoms with Crippen LogP contribution >= 0.6 is 0 Å². The van der Waals surface area contributed by atoms with Crippen molar-refractivity contribution in [1.29, 1.82) is 0 Å². The maximum atomic E-state index is 6.10. The van der Waals surface area contributed by atoms with Crippen LogP contribution in [0.4, 0.5) is 0 Å². The van der Waals surface area contributed by atoms with Gasteiger partial charge < -0.3 is 15.2 Å². The second-order valence-electron chi connectivity index (χ2n) is 6.45. The molecular formula is C14H29NO2. The Labute approximate surface area is 106 Å². The van der Waals surface area contributed by atoms with Crippen LogP contribution < -0.4 is 5.73 Å². The molecule has 1 fully saturated rings. The molecule has 0 aromatic heterocycles. The van der Waals surface area contributed by atoms with Gasteiger partial charge >= 0.3 is 0 Å². The summed E-state index contributed by atoms with van der Waals surface area (Å²) in [5, 5.41) is 0. The van der Waals surface area contributed by atoms with Crippen LogP contribution in [0.15, 0.2) is 0 Å². The van der Waals surface area contributed by atoms with E-state index in [0.29, 0.717) is 24.5 Å². The minimum absolute atomic E-state index is 0.202. The number of nitrogens with two attached hydrogens (primary N) is 1. The molecule has 0 aliphatic heterocycles. The van der Waals surface area contributed by atoms with Crippen LogP contribution in [0.3, 0.4) is 0 Å². The van der Waals surface area contributed by atoms with E-state index in [4.69, 9.17) is 15.2 Å². The van der Waals surface area contributed by atoms with E-state index in [1.54, 1.807) is 0 Å². The van der Waals surface area contributed by atoms with Gasteiger partial charge in [0, 0.05) is 12.6 Å². The molecule has 3 heteroatoms. The fraction of sp³-hybridized carbons (Fsp3) is 1.00. The van der Waals surface area contributed by atoms with E-state index < -0.39 is 0 Å². The standard InChI is InChI=1S/C14H29NO2/c1-11(2)10-16-7-8-17-13-9-14(3,4)6-5-12(13)15/h11-13H,5-10,15H2,1-4H3. The third-order valence-corrected chi connectivity index (χ3v) is 3.40. The van der Waals surface area contributed by atoms with E-state index in [1.165, 1.54) is 6.42 Å². The molecule has 17 heavy (non-hydrogen) atoms. The van der Waals surface area contributed by atoms with Crippen LogP contribution in [0.5, 0.6) is 0 Å². The molecule has 0 aromatic carbocycles. The number of rotatable bonds is 6. The molecule has 102 valence electrons. The zero-order valence-electron chi connectivity index (χ0n) is 11.9. The van der Waals surface area contributed by atoms with Crippen molar-refractivity contribution < 1.29 is 9.47 Å². The van der Waals surface area contributed by atoms with Gasteiger partial charge in [0.05, 0.1) is 19.3 Å². The van der Waals surface area contributed by atoms with Crippen molar-refractivity contribution in [2.45, 2.75) is 59.1 Å². The average Bonchev–Trinajstić information content (AvgIpc) is 2.22. The van der Waals surface area contributed by atoms with Crippen LogP contribution in [0.1, 0.15) is 47.0 Å². The molecule has 0 radical (unpaired) electrons. The highest BCUT2D eigenvalue weighted by Crippen LogP contribution is 2.35. The molecule has 2 unspecified atom stereocenters. The largest absolute Gasteiger partial charge is 0.379 e. The number of hydrogen-bond donors (Lipinski definition) is 1. The topological polar surface area (TPSA) is 44.5 Å². The maximum Gasteiger partial charge on any atom is 0.0732 e. The van der Waals surface area contributed by atoms with Gasteiger partial charge in [0.25, 0.3) is 0 Å². The summed E-state index contributed by atoms with van der Waals surface area (Å²) >= 11 is 0. The molecule has 0 saturated heterocycles. The van der Waals surface area contributed by atoms with Crippen LogP contribution in [-0.2, 0) is 9.47 Å². The zero-order chi connectivity index (χ0) is 12.9. The molecular weight excluding hydrogens is 214 g/mol. The first kappa shape index (κ1) is 14.9. The van der Waals surface area contributed by atoms with Crippen LogP contribution in [-0.4, -0.2) is 32.0 Å². The van der Waals surface area contributed by atoms with Crippen molar-refractivity contribution in [3.63, 3.8) is 0 Å². The van der Waals surface area contributed by atoms with Crippen molar-refractivity contribution in [2.75, 3.05) is 19.8 Å². The third kappa shape index (κ3) is 5.84. The van der Waals surface area contributed by atoms with Gasteiger partial charge in [0.2, 0.25) is 0 Å². The summed E-state index contributed by atoms with van der Waals surface area (Å²) in [7, 11) is 0. The van der Waals surface area contributed by atoms with Gasteiger partial charge in [-0.25, -0.2) is 0 Å². The first-order valence-corrected chi connectivity index (χ1v) is 6.85. The highest BCUT2D eigenvalue weighted by Gasteiger charge is 2.33. The minimum Gasteiger partial charge on any atom is -0.379 e. The van der Waals surface area contributed by atoms with Crippen molar-refractivity contribution >= 4 is 0 Å². The Hall–Kier alpha value is -0.120. The van der Waals surface area contributed by atoms with E-state index in [1.807, 2.05) is 0 Å². The molecule has 0 amide bonds. The molecule has 0 spiro atoms. The maximum absolute atomic E-state index is 6.10. The van der Waals surface area contributed by atoms with Gasteiger partial charge in [0.1, 0.15) is 0 Å². The molecule has 0 aromatic rings. The minimum atomic E-state index is 0.202. The Morgan fingerprint density at radius 3 is 2.65 bits per heavy atom. The predicted molar refractivity (Wildman–Crippen MR) is 71.0 cm³/mol. The number of ether oxygens (including phenoxy) is 2. The summed E-state index contributed by atoms with van der Waals surface area (Å²) in [4.78, 5) is 0. The SMILES string of the molecule is CC(C)COCCOC1CC(C)(C)CCC1N. The summed E-state index contributed by atoms with van der Waals surface area (Å²) in [5.74, 6) is 0.589. The van der Waals surface area contributed by atoms with E-state index in [0.717, 1.165) is 19.4 Å². The lowest BCUT2D eigenvalue weighted by molar-refractivity contribution is -0.0445. The van der Waals surface area contributed by atoms with E-state index in [9.17, 15) is 0 Å². The van der Waals surface area contributed by atoms with Gasteiger partial charge in [0.15, 0.2) is 0 Å². The van der Waals surface area contributed by atoms with Crippen LogP contribution in [0.2, 0.25) is 0 Å². The molecule has 1 aliphatic rings. The Morgan fingerprint density at radius 1 is 1.29 bits per heavy atom. The second-order valence-corrected chi connectivity index (χ2v) is 6.45. The Kier molecular flexibility index (Phi) is 5.90. The zero-order valence-corrected chi connectivity index (χ0v) is 11.9. The lowest BCUT2D eigenvalue weighted by Crippen LogP contribution is -2.45. The summed E-state index contributed by atoms with van der Waals surface area (Å²) in [6.07, 6.45) is 3.56. The highest BCUT2D eigenvalue weighted by molar-refractivity contribution is 4.87. The first-order valence-electron chi connectivity index (χ1n) is 6.85. The smallest absolute Gasteiger partial charge is 0.0732 e. The molecule has 1 saturated carbocycles. The molecule has 1 rings (SSSR count). The molecule has 0 heterocycles. The Balaban J connectivity index is 2.16. The van der Waals surface area contributed by atoms with E-state index in [2.05, 4.69) is 27.7 Å². The van der Waals surface area contributed by atoms with Crippen molar-refractivity contribution in [1.82, 2.24) is 0 Å². The molecule has 2 N–H and O–H groups in total. The fourth-order valence-corrected chi connectivity index (χ4v) is 2.30. The normalized spacial score (nSPS) is 28.6. The fourth-order valence-electron chi connectivity index (χ4n) is 2.30. The predicted octanol–water partition coefficient (Wildman–Crippen LogP) is 2.58. The lowest BCUT2D eigenvalue weighted by atomic mass is 9.74. The van der Waals surface area contributed by atoms with Gasteiger partial charge in [-0.3, -0.25) is 0 Å². The summed E-state index contributed by atoms with van der Waals surface area (Å²) in [5.41, 5.74) is 6.47. The van der Waals surface area contributed by atoms with Crippen molar-refractivity contribution in [3.05, 3.63) is 0 Å². The lowest BCUT2D eigenvalue weighted by Gasteiger charge is -2.38. The van der Waals surface area contributed by atoms with Gasteiger partial charge in [-0.15, -0.1) is 0 Å². The van der Waals surface area contributed by atoms with Crippen molar-refractivity contribution in [3.8, 4) is 0 Å². The van der Waals surface area contributed by atoms with Gasteiger partial charge in [-0.2, -0.15) is 0 Å². The molecule has 3 nitrogen and oxygen atoms in total. The Morgan fingerprint density at radius 2 is 2.00 bits per heavy atom. The quantitative estimate of drug-likeness (QED) is 0.729. The van der Waals surface area contributed by atoms with Crippen LogP contribution in [0.25, 0.3) is 0 Å². The first-order chi connectivity index (χ1) is 7.91. The van der Waals surface area contributed by atoms with Crippen molar-refractivity contribution in [2.24, 2.45) is 17.1 Å². The molecule has 2 atom stereocenters. The van der Waals surface area contributed by atoms with Gasteiger partial charge in [-0.05, 0) is 30.6 Å². The molecule has 1 aliphatic carbocycles. The highest BCUT2D eigenvalue weighted by atomic mass is 16.5. The summed E-state index contributed by atoms with van der Waals surface area (Å²) < 4.78 is 11.4. The summed E-state index contributed by atoms with van der Waals surface area (Å²) in [6.45, 7) is 11.1. The number of hydrogen-bond acceptors (Lipinski definition) is 3. The van der Waals surface area contributed by atoms with E-state index in [-0.39, 0.29) is 12.1 Å². The third-order valence-electron chi connectivity index (χ3n) is 3.40. The Bertz CT molecular complexity index is 216. The van der Waals surface area contributed by atoms with Crippen LogP contribution in [0, 0.1) is 11.3 Å². The van der Waals surface area contributed by atoms with E-state index >= 15 is 0 Å². The van der Waals surface area contributed by atoms with Gasteiger partial charge in [-0.1, -0.05) is 27.7 Å². The molecule has 0 bridgehead atoms. The average molecular weight is 243 g/mol. The monoisotopic (exact) mass is 243 g/mol.